The van der Waals surface area contributed by atoms with Crippen molar-refractivity contribution in [3.8, 4) is 5.75 Å². The number of carbonyl (C=O) groups is 1. The van der Waals surface area contributed by atoms with Crippen LogP contribution in [0.5, 0.6) is 5.75 Å². The number of likely N-dealkylation sites (tertiary alicyclic amines) is 1. The largest absolute Gasteiger partial charge is 0.481 e. The molecule has 0 N–H and O–H groups in total. The third-order valence-corrected chi connectivity index (χ3v) is 5.49. The van der Waals surface area contributed by atoms with Crippen LogP contribution in [0.1, 0.15) is 32.3 Å². The van der Waals surface area contributed by atoms with Gasteiger partial charge in [0.1, 0.15) is 11.3 Å². The third-order valence-electron chi connectivity index (χ3n) is 5.49. The first-order valence-corrected chi connectivity index (χ1v) is 9.80. The van der Waals surface area contributed by atoms with Crippen molar-refractivity contribution in [3.63, 3.8) is 0 Å². The quantitative estimate of drug-likeness (QED) is 0.750. The van der Waals surface area contributed by atoms with Crippen LogP contribution in [-0.4, -0.2) is 49.0 Å². The maximum absolute atomic E-state index is 12.8. The van der Waals surface area contributed by atoms with Gasteiger partial charge in [-0.15, -0.1) is 0 Å². The molecule has 3 heterocycles. The first kappa shape index (κ1) is 19.0. The standard InChI is InChI=1S/C21H25NO6/c1-3-15-12-19(23)28-18-13-16(4-5-17(15)18)27-14(2)20(24)22-8-6-21(7-9-22)25-10-11-26-21/h4-5,12-14H,3,6-11H2,1-2H3. The van der Waals surface area contributed by atoms with Crippen molar-refractivity contribution < 1.29 is 23.4 Å². The average Bonchev–Trinajstić information content (AvgIpc) is 3.15. The summed E-state index contributed by atoms with van der Waals surface area (Å²) in [6.07, 6.45) is 1.44. The predicted molar refractivity (Wildman–Crippen MR) is 102 cm³/mol. The van der Waals surface area contributed by atoms with Crippen molar-refractivity contribution in [1.82, 2.24) is 4.90 Å². The van der Waals surface area contributed by atoms with Gasteiger partial charge in [-0.25, -0.2) is 4.79 Å². The second-order valence-electron chi connectivity index (χ2n) is 7.30. The molecule has 0 saturated carbocycles. The van der Waals surface area contributed by atoms with Gasteiger partial charge in [-0.1, -0.05) is 6.92 Å². The molecule has 7 nitrogen and oxygen atoms in total. The van der Waals surface area contributed by atoms with E-state index in [1.165, 1.54) is 6.07 Å². The molecule has 1 aromatic carbocycles. The highest BCUT2D eigenvalue weighted by atomic mass is 16.7. The molecule has 2 saturated heterocycles. The number of nitrogens with zero attached hydrogens (tertiary/aromatic N) is 1. The number of amides is 1. The van der Waals surface area contributed by atoms with E-state index in [0.29, 0.717) is 50.5 Å². The minimum atomic E-state index is -0.641. The van der Waals surface area contributed by atoms with E-state index in [4.69, 9.17) is 18.6 Å². The average molecular weight is 387 g/mol. The molecule has 28 heavy (non-hydrogen) atoms. The lowest BCUT2D eigenvalue weighted by atomic mass is 10.0. The Morgan fingerprint density at radius 2 is 1.93 bits per heavy atom. The Bertz CT molecular complexity index is 920. The summed E-state index contributed by atoms with van der Waals surface area (Å²) in [6.45, 7) is 6.12. The van der Waals surface area contributed by atoms with Gasteiger partial charge in [0.15, 0.2) is 11.9 Å². The van der Waals surface area contributed by atoms with Gasteiger partial charge in [-0.3, -0.25) is 4.79 Å². The van der Waals surface area contributed by atoms with Crippen molar-refractivity contribution in [1.29, 1.82) is 0 Å². The lowest BCUT2D eigenvalue weighted by Crippen LogP contribution is -2.50. The van der Waals surface area contributed by atoms with Crippen molar-refractivity contribution in [2.75, 3.05) is 26.3 Å². The lowest BCUT2D eigenvalue weighted by Gasteiger charge is -2.38. The smallest absolute Gasteiger partial charge is 0.336 e. The Balaban J connectivity index is 1.43. The topological polar surface area (TPSA) is 78.2 Å². The van der Waals surface area contributed by atoms with Crippen LogP contribution in [0.15, 0.2) is 33.5 Å². The fourth-order valence-corrected chi connectivity index (χ4v) is 3.94. The minimum absolute atomic E-state index is 0.0725. The van der Waals surface area contributed by atoms with E-state index in [9.17, 15) is 9.59 Å². The molecule has 2 fully saturated rings. The van der Waals surface area contributed by atoms with Crippen LogP contribution in [0.25, 0.3) is 11.0 Å². The van der Waals surface area contributed by atoms with Crippen molar-refractivity contribution in [3.05, 3.63) is 40.2 Å². The number of hydrogen-bond acceptors (Lipinski definition) is 6. The first-order valence-electron chi connectivity index (χ1n) is 9.80. The summed E-state index contributed by atoms with van der Waals surface area (Å²) in [7, 11) is 0. The van der Waals surface area contributed by atoms with Crippen LogP contribution in [0.4, 0.5) is 0 Å². The molecular formula is C21H25NO6. The molecule has 2 aliphatic heterocycles. The zero-order valence-corrected chi connectivity index (χ0v) is 16.2. The van der Waals surface area contributed by atoms with Crippen LogP contribution in [0.2, 0.25) is 0 Å². The molecule has 0 aliphatic carbocycles. The van der Waals surface area contributed by atoms with Crippen LogP contribution in [-0.2, 0) is 20.7 Å². The Kier molecular flexibility index (Phi) is 5.12. The van der Waals surface area contributed by atoms with Crippen LogP contribution in [0, 0.1) is 0 Å². The maximum Gasteiger partial charge on any atom is 0.336 e. The van der Waals surface area contributed by atoms with Gasteiger partial charge in [-0.05, 0) is 31.0 Å². The molecule has 1 spiro atoms. The summed E-state index contributed by atoms with van der Waals surface area (Å²) < 4.78 is 22.6. The molecule has 150 valence electrons. The number of ether oxygens (including phenoxy) is 3. The van der Waals surface area contributed by atoms with Gasteiger partial charge in [0.25, 0.3) is 5.91 Å². The van der Waals surface area contributed by atoms with Crippen LogP contribution >= 0.6 is 0 Å². The summed E-state index contributed by atoms with van der Waals surface area (Å²) in [5, 5.41) is 0.881. The highest BCUT2D eigenvalue weighted by Crippen LogP contribution is 2.31. The molecule has 1 atom stereocenters. The zero-order chi connectivity index (χ0) is 19.7. The molecular weight excluding hydrogens is 362 g/mol. The molecule has 0 bridgehead atoms. The summed E-state index contributed by atoms with van der Waals surface area (Å²) in [6, 6.07) is 6.85. The van der Waals surface area contributed by atoms with Crippen molar-refractivity contribution >= 4 is 16.9 Å². The zero-order valence-electron chi connectivity index (χ0n) is 16.2. The lowest BCUT2D eigenvalue weighted by molar-refractivity contribution is -0.188. The van der Waals surface area contributed by atoms with E-state index >= 15 is 0 Å². The Labute approximate surface area is 163 Å². The fourth-order valence-electron chi connectivity index (χ4n) is 3.94. The van der Waals surface area contributed by atoms with Gasteiger partial charge >= 0.3 is 5.63 Å². The van der Waals surface area contributed by atoms with E-state index in [0.717, 1.165) is 17.4 Å². The predicted octanol–water partition coefficient (Wildman–Crippen LogP) is 2.49. The number of carbonyl (C=O) groups excluding carboxylic acids is 1. The van der Waals surface area contributed by atoms with Crippen LogP contribution in [0.3, 0.4) is 0 Å². The molecule has 7 heteroatoms. The van der Waals surface area contributed by atoms with E-state index in [1.54, 1.807) is 24.0 Å². The van der Waals surface area contributed by atoms with E-state index in [1.807, 2.05) is 13.0 Å². The number of rotatable bonds is 4. The molecule has 4 rings (SSSR count). The van der Waals surface area contributed by atoms with E-state index in [-0.39, 0.29) is 11.5 Å². The Hall–Kier alpha value is -2.38. The second-order valence-corrected chi connectivity index (χ2v) is 7.30. The normalized spacial score (nSPS) is 19.9. The highest BCUT2D eigenvalue weighted by molar-refractivity contribution is 5.83. The second kappa shape index (κ2) is 7.56. The molecule has 0 radical (unpaired) electrons. The molecule has 1 unspecified atom stereocenters. The summed E-state index contributed by atoms with van der Waals surface area (Å²) in [4.78, 5) is 26.3. The molecule has 2 aromatic rings. The summed E-state index contributed by atoms with van der Waals surface area (Å²) in [5.74, 6) is -0.0781. The fraction of sp³-hybridized carbons (Fsp3) is 0.524. The number of benzene rings is 1. The first-order chi connectivity index (χ1) is 13.5. The minimum Gasteiger partial charge on any atom is -0.481 e. The Morgan fingerprint density at radius 3 is 2.61 bits per heavy atom. The van der Waals surface area contributed by atoms with Gasteiger partial charge in [0.05, 0.1) is 13.2 Å². The van der Waals surface area contributed by atoms with Gasteiger partial charge < -0.3 is 23.5 Å². The molecule has 2 aliphatic rings. The number of aryl methyl sites for hydroxylation is 1. The number of piperidine rings is 1. The monoisotopic (exact) mass is 387 g/mol. The Morgan fingerprint density at radius 1 is 1.21 bits per heavy atom. The number of fused-ring (bicyclic) bond motifs is 1. The third kappa shape index (κ3) is 3.64. The maximum atomic E-state index is 12.8. The van der Waals surface area contributed by atoms with Gasteiger partial charge in [0, 0.05) is 43.5 Å². The number of hydrogen-bond donors (Lipinski definition) is 0. The molecule has 1 aromatic heterocycles. The van der Waals surface area contributed by atoms with E-state index < -0.39 is 11.9 Å². The van der Waals surface area contributed by atoms with Crippen LogP contribution < -0.4 is 10.4 Å². The van der Waals surface area contributed by atoms with Crippen molar-refractivity contribution in [2.24, 2.45) is 0 Å². The van der Waals surface area contributed by atoms with E-state index in [2.05, 4.69) is 0 Å². The van der Waals surface area contributed by atoms with Gasteiger partial charge in [0.2, 0.25) is 0 Å². The summed E-state index contributed by atoms with van der Waals surface area (Å²) in [5.41, 5.74) is 1.02. The SMILES string of the molecule is CCc1cc(=O)oc2cc(OC(C)C(=O)N3CCC4(CC3)OCCO4)ccc12. The highest BCUT2D eigenvalue weighted by Gasteiger charge is 2.41. The van der Waals surface area contributed by atoms with Crippen molar-refractivity contribution in [2.45, 2.75) is 45.0 Å². The van der Waals surface area contributed by atoms with Gasteiger partial charge in [-0.2, -0.15) is 0 Å². The summed E-state index contributed by atoms with van der Waals surface area (Å²) >= 11 is 0. The molecule has 1 amide bonds.